The maximum Gasteiger partial charge on any atom is 0.317 e. The molecule has 0 amide bonds. The highest BCUT2D eigenvalue weighted by Gasteiger charge is 2.47. The lowest BCUT2D eigenvalue weighted by Gasteiger charge is -2.51. The van der Waals surface area contributed by atoms with Crippen LogP contribution in [0.2, 0.25) is 0 Å². The second-order valence-corrected chi connectivity index (χ2v) is 6.29. The van der Waals surface area contributed by atoms with Gasteiger partial charge >= 0.3 is 5.97 Å². The molecule has 0 atom stereocenters. The Morgan fingerprint density at radius 2 is 1.71 bits per heavy atom. The summed E-state index contributed by atoms with van der Waals surface area (Å²) in [6, 6.07) is 0.140. The van der Waals surface area contributed by atoms with Gasteiger partial charge in [-0.1, -0.05) is 0 Å². The summed E-state index contributed by atoms with van der Waals surface area (Å²) in [5, 5.41) is 22.1. The van der Waals surface area contributed by atoms with Crippen molar-refractivity contribution in [3.8, 4) is 0 Å². The van der Waals surface area contributed by atoms with Gasteiger partial charge in [-0.15, -0.1) is 10.3 Å². The van der Waals surface area contributed by atoms with Gasteiger partial charge in [-0.3, -0.25) is 9.69 Å². The molecule has 0 aliphatic carbocycles. The summed E-state index contributed by atoms with van der Waals surface area (Å²) < 4.78 is 0. The van der Waals surface area contributed by atoms with Crippen LogP contribution in [-0.2, 0) is 10.0 Å². The standard InChI is InChI=1S/C12H23N2O3/c1-11(2)6-9(13(5)8-10(15)16)7-12(3,4)14(11)17/h9H,6-8H2,1-5H3,(H,15,16). The molecule has 5 heteroatoms. The van der Waals surface area contributed by atoms with Crippen molar-refractivity contribution in [2.75, 3.05) is 13.6 Å². The average Bonchev–Trinajstić information content (AvgIpc) is 2.11. The van der Waals surface area contributed by atoms with Gasteiger partial charge in [0.15, 0.2) is 0 Å². The molecule has 99 valence electrons. The van der Waals surface area contributed by atoms with Crippen LogP contribution in [0.25, 0.3) is 0 Å². The highest BCUT2D eigenvalue weighted by atomic mass is 16.5. The first-order chi connectivity index (χ1) is 7.56. The number of carboxylic acid groups (broad SMARTS) is 1. The molecule has 0 aromatic rings. The topological polar surface area (TPSA) is 63.7 Å². The monoisotopic (exact) mass is 243 g/mol. The first-order valence-corrected chi connectivity index (χ1v) is 5.96. The van der Waals surface area contributed by atoms with Crippen LogP contribution in [0, 0.1) is 0 Å². The summed E-state index contributed by atoms with van der Waals surface area (Å²) in [6.45, 7) is 7.70. The second kappa shape index (κ2) is 4.55. The molecule has 0 saturated carbocycles. The number of piperidine rings is 1. The van der Waals surface area contributed by atoms with Crippen molar-refractivity contribution >= 4 is 5.97 Å². The minimum atomic E-state index is -0.826. The Labute approximate surface area is 103 Å². The molecule has 1 radical (unpaired) electrons. The van der Waals surface area contributed by atoms with Crippen molar-refractivity contribution < 1.29 is 15.1 Å². The molecule has 17 heavy (non-hydrogen) atoms. The molecule has 1 fully saturated rings. The van der Waals surface area contributed by atoms with E-state index in [4.69, 9.17) is 5.11 Å². The van der Waals surface area contributed by atoms with E-state index in [-0.39, 0.29) is 12.6 Å². The summed E-state index contributed by atoms with van der Waals surface area (Å²) >= 11 is 0. The van der Waals surface area contributed by atoms with E-state index in [1.807, 2.05) is 39.6 Å². The number of likely N-dealkylation sites (N-methyl/N-ethyl adjacent to an activating group) is 1. The zero-order valence-electron chi connectivity index (χ0n) is 11.4. The SMILES string of the molecule is CN(CC(=O)O)C1CC(C)(C)N([O])C(C)(C)C1. The summed E-state index contributed by atoms with van der Waals surface area (Å²) in [5.74, 6) is -0.826. The molecule has 1 N–H and O–H groups in total. The van der Waals surface area contributed by atoms with Gasteiger partial charge in [-0.25, -0.2) is 0 Å². The number of carboxylic acids is 1. The van der Waals surface area contributed by atoms with Crippen LogP contribution in [0.1, 0.15) is 40.5 Å². The number of nitrogens with zero attached hydrogens (tertiary/aromatic N) is 2. The fourth-order valence-corrected chi connectivity index (χ4v) is 2.86. The Balaban J connectivity index is 2.81. The number of carbonyl (C=O) groups is 1. The summed E-state index contributed by atoms with van der Waals surface area (Å²) in [6.07, 6.45) is 1.40. The third-order valence-corrected chi connectivity index (χ3v) is 3.58. The van der Waals surface area contributed by atoms with Gasteiger partial charge in [-0.05, 0) is 47.6 Å². The Morgan fingerprint density at radius 3 is 2.06 bits per heavy atom. The Hall–Kier alpha value is -0.650. The molecule has 1 aliphatic heterocycles. The maximum atomic E-state index is 12.1. The number of aliphatic carboxylic acids is 1. The molecule has 0 unspecified atom stereocenters. The fraction of sp³-hybridized carbons (Fsp3) is 0.917. The first-order valence-electron chi connectivity index (χ1n) is 5.96. The van der Waals surface area contributed by atoms with E-state index < -0.39 is 17.0 Å². The zero-order valence-corrected chi connectivity index (χ0v) is 11.4. The van der Waals surface area contributed by atoms with Gasteiger partial charge in [0.25, 0.3) is 0 Å². The molecular formula is C12H23N2O3. The van der Waals surface area contributed by atoms with Crippen molar-refractivity contribution in [3.05, 3.63) is 0 Å². The lowest BCUT2D eigenvalue weighted by atomic mass is 9.78. The zero-order chi connectivity index (χ0) is 13.4. The molecule has 0 aromatic heterocycles. The van der Waals surface area contributed by atoms with E-state index in [0.29, 0.717) is 12.8 Å². The summed E-state index contributed by atoms with van der Waals surface area (Å²) in [5.41, 5.74) is -0.891. The Bertz CT molecular complexity index is 284. The molecule has 1 rings (SSSR count). The van der Waals surface area contributed by atoms with E-state index in [2.05, 4.69) is 0 Å². The minimum Gasteiger partial charge on any atom is -0.480 e. The van der Waals surface area contributed by atoms with Gasteiger partial charge in [0.2, 0.25) is 0 Å². The number of hydrogen-bond donors (Lipinski definition) is 1. The van der Waals surface area contributed by atoms with Gasteiger partial charge in [0, 0.05) is 17.1 Å². The van der Waals surface area contributed by atoms with Crippen LogP contribution in [0.4, 0.5) is 0 Å². The fourth-order valence-electron chi connectivity index (χ4n) is 2.86. The van der Waals surface area contributed by atoms with Crippen molar-refractivity contribution in [3.63, 3.8) is 0 Å². The third-order valence-electron chi connectivity index (χ3n) is 3.58. The van der Waals surface area contributed by atoms with Crippen molar-refractivity contribution in [2.24, 2.45) is 0 Å². The van der Waals surface area contributed by atoms with Crippen molar-refractivity contribution in [1.82, 2.24) is 9.96 Å². The number of hydrogen-bond acceptors (Lipinski definition) is 3. The molecule has 0 bridgehead atoms. The lowest BCUT2D eigenvalue weighted by Crippen LogP contribution is -2.62. The Kier molecular flexibility index (Phi) is 3.86. The van der Waals surface area contributed by atoms with Crippen LogP contribution in [-0.4, -0.2) is 51.8 Å². The normalized spacial score (nSPS) is 25.1. The molecule has 0 aromatic carbocycles. The van der Waals surface area contributed by atoms with E-state index in [1.54, 1.807) is 0 Å². The smallest absolute Gasteiger partial charge is 0.317 e. The highest BCUT2D eigenvalue weighted by molar-refractivity contribution is 5.69. The van der Waals surface area contributed by atoms with Gasteiger partial charge in [0.1, 0.15) is 0 Å². The Morgan fingerprint density at radius 1 is 1.29 bits per heavy atom. The van der Waals surface area contributed by atoms with Crippen LogP contribution < -0.4 is 0 Å². The van der Waals surface area contributed by atoms with Crippen LogP contribution in [0.5, 0.6) is 0 Å². The highest BCUT2D eigenvalue weighted by Crippen LogP contribution is 2.38. The first kappa shape index (κ1) is 14.4. The van der Waals surface area contributed by atoms with Crippen molar-refractivity contribution in [1.29, 1.82) is 0 Å². The van der Waals surface area contributed by atoms with Crippen LogP contribution in [0.15, 0.2) is 0 Å². The van der Waals surface area contributed by atoms with E-state index in [0.717, 1.165) is 5.06 Å². The minimum absolute atomic E-state index is 0.0235. The average molecular weight is 243 g/mol. The third kappa shape index (κ3) is 3.18. The molecule has 0 spiro atoms. The predicted octanol–water partition coefficient (Wildman–Crippen LogP) is 1.37. The molecule has 1 aliphatic rings. The molecule has 5 nitrogen and oxygen atoms in total. The van der Waals surface area contributed by atoms with Gasteiger partial charge in [-0.2, -0.15) is 0 Å². The van der Waals surface area contributed by atoms with Gasteiger partial charge < -0.3 is 5.11 Å². The van der Waals surface area contributed by atoms with E-state index in [9.17, 15) is 10.0 Å². The second-order valence-electron chi connectivity index (χ2n) is 6.29. The van der Waals surface area contributed by atoms with Crippen molar-refractivity contribution in [2.45, 2.75) is 57.7 Å². The molecular weight excluding hydrogens is 220 g/mol. The van der Waals surface area contributed by atoms with Crippen LogP contribution >= 0.6 is 0 Å². The largest absolute Gasteiger partial charge is 0.480 e. The number of hydroxylamine groups is 2. The maximum absolute atomic E-state index is 12.1. The van der Waals surface area contributed by atoms with Crippen LogP contribution in [0.3, 0.4) is 0 Å². The van der Waals surface area contributed by atoms with E-state index in [1.165, 1.54) is 0 Å². The molecule has 1 saturated heterocycles. The lowest BCUT2D eigenvalue weighted by molar-refractivity contribution is -0.294. The summed E-state index contributed by atoms with van der Waals surface area (Å²) in [7, 11) is 1.81. The molecule has 1 heterocycles. The summed E-state index contributed by atoms with van der Waals surface area (Å²) in [4.78, 5) is 12.6. The number of rotatable bonds is 3. The van der Waals surface area contributed by atoms with E-state index >= 15 is 0 Å². The van der Waals surface area contributed by atoms with Gasteiger partial charge in [0.05, 0.1) is 6.54 Å². The predicted molar refractivity (Wildman–Crippen MR) is 64.0 cm³/mol. The quantitative estimate of drug-likeness (QED) is 0.813.